The number of rotatable bonds is 2. The molecule has 0 radical (unpaired) electrons. The Labute approximate surface area is 142 Å². The number of halogens is 2. The lowest BCUT2D eigenvalue weighted by Crippen LogP contribution is -1.99. The largest absolute Gasteiger partial charge is 0.207 e. The summed E-state index contributed by atoms with van der Waals surface area (Å²) in [5.74, 6) is -0.934. The van der Waals surface area contributed by atoms with Crippen LogP contribution < -0.4 is 0 Å². The zero-order chi connectivity index (χ0) is 17.6. The van der Waals surface area contributed by atoms with Gasteiger partial charge in [0.1, 0.15) is 11.6 Å². The third-order valence-electron chi connectivity index (χ3n) is 4.84. The Bertz CT molecular complexity index is 929. The van der Waals surface area contributed by atoms with Gasteiger partial charge in [0.25, 0.3) is 0 Å². The fourth-order valence-corrected chi connectivity index (χ4v) is 3.64. The van der Waals surface area contributed by atoms with Gasteiger partial charge in [-0.15, -0.1) is 0 Å². The van der Waals surface area contributed by atoms with E-state index in [0.29, 0.717) is 10.8 Å². The maximum absolute atomic E-state index is 14.4. The Morgan fingerprint density at radius 3 is 2.00 bits per heavy atom. The van der Waals surface area contributed by atoms with Gasteiger partial charge in [-0.1, -0.05) is 29.8 Å². The Hall–Kier alpha value is -2.22. The molecule has 0 heterocycles. The molecule has 0 nitrogen and oxygen atoms in total. The lowest BCUT2D eigenvalue weighted by molar-refractivity contribution is 0.576. The van der Waals surface area contributed by atoms with E-state index >= 15 is 0 Å². The average molecular weight is 324 g/mol. The Morgan fingerprint density at radius 2 is 1.38 bits per heavy atom. The van der Waals surface area contributed by atoms with Crippen LogP contribution in [0.2, 0.25) is 0 Å². The van der Waals surface area contributed by atoms with Crippen LogP contribution in [0.1, 0.15) is 38.9 Å². The van der Waals surface area contributed by atoms with Crippen LogP contribution in [0, 0.1) is 46.3 Å². The Balaban J connectivity index is 2.14. The maximum atomic E-state index is 14.4. The van der Waals surface area contributed by atoms with Gasteiger partial charge in [-0.3, -0.25) is 0 Å². The molecule has 0 saturated heterocycles. The van der Waals surface area contributed by atoms with Crippen LogP contribution in [-0.2, 0) is 6.42 Å². The molecule has 0 amide bonds. The summed E-state index contributed by atoms with van der Waals surface area (Å²) in [6, 6.07) is 9.73. The molecule has 0 aliphatic carbocycles. The highest BCUT2D eigenvalue weighted by atomic mass is 19.1. The van der Waals surface area contributed by atoms with E-state index in [4.69, 9.17) is 0 Å². The van der Waals surface area contributed by atoms with E-state index in [1.54, 1.807) is 0 Å². The number of aryl methyl sites for hydroxylation is 4. The molecule has 0 fully saturated rings. The maximum Gasteiger partial charge on any atom is 0.137 e. The Morgan fingerprint density at radius 1 is 0.750 bits per heavy atom. The first-order chi connectivity index (χ1) is 11.3. The van der Waals surface area contributed by atoms with Crippen LogP contribution >= 0.6 is 0 Å². The number of hydrogen-bond donors (Lipinski definition) is 0. The third-order valence-corrected chi connectivity index (χ3v) is 4.84. The molecule has 0 saturated carbocycles. The lowest BCUT2D eigenvalue weighted by Gasteiger charge is -2.14. The van der Waals surface area contributed by atoms with Crippen LogP contribution in [0.3, 0.4) is 0 Å². The van der Waals surface area contributed by atoms with Crippen molar-refractivity contribution in [3.05, 3.63) is 80.9 Å². The van der Waals surface area contributed by atoms with E-state index in [-0.39, 0.29) is 5.56 Å². The molecule has 0 bridgehead atoms. The molecular formula is C22H22F2. The van der Waals surface area contributed by atoms with Crippen molar-refractivity contribution in [3.63, 3.8) is 0 Å². The van der Waals surface area contributed by atoms with Gasteiger partial charge in [0.15, 0.2) is 0 Å². The standard InChI is InChI=1S/C22H22F2/c1-12-6-13(2)19(14(3)7-12)10-17-8-15(4)21-18(9-17)11-20(23)16(5)22(21)24/h6-9,11H,10H2,1-5H3. The summed E-state index contributed by atoms with van der Waals surface area (Å²) < 4.78 is 28.3. The first kappa shape index (κ1) is 16.6. The highest BCUT2D eigenvalue weighted by Gasteiger charge is 2.14. The molecule has 0 aromatic heterocycles. The van der Waals surface area contributed by atoms with Crippen LogP contribution in [0.15, 0.2) is 30.3 Å². The van der Waals surface area contributed by atoms with Gasteiger partial charge in [-0.05, 0) is 80.3 Å². The molecule has 3 aromatic rings. The zero-order valence-electron chi connectivity index (χ0n) is 14.8. The summed E-state index contributed by atoms with van der Waals surface area (Å²) in [6.45, 7) is 9.70. The fraction of sp³-hybridized carbons (Fsp3) is 0.273. The summed E-state index contributed by atoms with van der Waals surface area (Å²) in [5.41, 5.74) is 7.07. The first-order valence-electron chi connectivity index (χ1n) is 8.22. The van der Waals surface area contributed by atoms with E-state index in [2.05, 4.69) is 32.9 Å². The van der Waals surface area contributed by atoms with Crippen molar-refractivity contribution in [2.45, 2.75) is 41.0 Å². The molecule has 0 aliphatic heterocycles. The predicted octanol–water partition coefficient (Wildman–Crippen LogP) is 6.25. The molecule has 124 valence electrons. The van der Waals surface area contributed by atoms with Gasteiger partial charge in [0.2, 0.25) is 0 Å². The highest BCUT2D eigenvalue weighted by Crippen LogP contribution is 2.29. The molecule has 3 rings (SSSR count). The van der Waals surface area contributed by atoms with Gasteiger partial charge in [-0.25, -0.2) is 8.78 Å². The SMILES string of the molecule is Cc1cc(C)c(Cc2cc(C)c3c(F)c(C)c(F)cc3c2)c(C)c1. The molecule has 0 spiro atoms. The molecule has 3 aromatic carbocycles. The van der Waals surface area contributed by atoms with Crippen molar-refractivity contribution in [1.29, 1.82) is 0 Å². The zero-order valence-corrected chi connectivity index (χ0v) is 14.8. The quantitative estimate of drug-likeness (QED) is 0.522. The molecule has 0 atom stereocenters. The van der Waals surface area contributed by atoms with E-state index < -0.39 is 11.6 Å². The van der Waals surface area contributed by atoms with E-state index in [1.807, 2.05) is 19.1 Å². The normalized spacial score (nSPS) is 11.3. The minimum atomic E-state index is -0.487. The van der Waals surface area contributed by atoms with Gasteiger partial charge < -0.3 is 0 Å². The van der Waals surface area contributed by atoms with Gasteiger partial charge in [0.05, 0.1) is 0 Å². The summed E-state index contributed by atoms with van der Waals surface area (Å²) in [7, 11) is 0. The molecule has 0 aliphatic rings. The summed E-state index contributed by atoms with van der Waals surface area (Å²) >= 11 is 0. The van der Waals surface area contributed by atoms with Crippen molar-refractivity contribution in [3.8, 4) is 0 Å². The number of benzene rings is 3. The topological polar surface area (TPSA) is 0 Å². The van der Waals surface area contributed by atoms with Crippen LogP contribution in [0.4, 0.5) is 8.78 Å². The second kappa shape index (κ2) is 6.01. The van der Waals surface area contributed by atoms with E-state index in [9.17, 15) is 8.78 Å². The highest BCUT2D eigenvalue weighted by molar-refractivity contribution is 5.88. The smallest absolute Gasteiger partial charge is 0.137 e. The second-order valence-corrected chi connectivity index (χ2v) is 6.86. The minimum Gasteiger partial charge on any atom is -0.207 e. The first-order valence-corrected chi connectivity index (χ1v) is 8.22. The molecule has 2 heteroatoms. The predicted molar refractivity (Wildman–Crippen MR) is 96.8 cm³/mol. The van der Waals surface area contributed by atoms with Gasteiger partial charge in [0, 0.05) is 10.9 Å². The molecular weight excluding hydrogens is 302 g/mol. The third kappa shape index (κ3) is 2.82. The Kier molecular flexibility index (Phi) is 4.16. The van der Waals surface area contributed by atoms with E-state index in [0.717, 1.165) is 17.5 Å². The van der Waals surface area contributed by atoms with Gasteiger partial charge >= 0.3 is 0 Å². The minimum absolute atomic E-state index is 0.0866. The van der Waals surface area contributed by atoms with Crippen molar-refractivity contribution < 1.29 is 8.78 Å². The summed E-state index contributed by atoms with van der Waals surface area (Å²) in [5, 5.41) is 1.16. The van der Waals surface area contributed by atoms with Gasteiger partial charge in [-0.2, -0.15) is 0 Å². The van der Waals surface area contributed by atoms with Crippen LogP contribution in [0.25, 0.3) is 10.8 Å². The van der Waals surface area contributed by atoms with Crippen molar-refractivity contribution >= 4 is 10.8 Å². The molecule has 24 heavy (non-hydrogen) atoms. The van der Waals surface area contributed by atoms with Crippen molar-refractivity contribution in [2.75, 3.05) is 0 Å². The summed E-state index contributed by atoms with van der Waals surface area (Å²) in [4.78, 5) is 0. The van der Waals surface area contributed by atoms with E-state index in [1.165, 1.54) is 35.2 Å². The molecule has 0 N–H and O–H groups in total. The van der Waals surface area contributed by atoms with Crippen molar-refractivity contribution in [1.82, 2.24) is 0 Å². The van der Waals surface area contributed by atoms with Crippen LogP contribution in [0.5, 0.6) is 0 Å². The monoisotopic (exact) mass is 324 g/mol. The number of hydrogen-bond acceptors (Lipinski definition) is 0. The average Bonchev–Trinajstić information content (AvgIpc) is 2.48. The fourth-order valence-electron chi connectivity index (χ4n) is 3.64. The lowest BCUT2D eigenvalue weighted by atomic mass is 9.91. The second-order valence-electron chi connectivity index (χ2n) is 6.86. The number of fused-ring (bicyclic) bond motifs is 1. The molecule has 0 unspecified atom stereocenters. The van der Waals surface area contributed by atoms with Crippen molar-refractivity contribution in [2.24, 2.45) is 0 Å². The van der Waals surface area contributed by atoms with Crippen LogP contribution in [-0.4, -0.2) is 0 Å². The summed E-state index contributed by atoms with van der Waals surface area (Å²) in [6.07, 6.45) is 0.770.